The van der Waals surface area contributed by atoms with Gasteiger partial charge in [-0.1, -0.05) is 31.4 Å². The fourth-order valence-corrected chi connectivity index (χ4v) is 4.82. The summed E-state index contributed by atoms with van der Waals surface area (Å²) >= 11 is 0. The molecule has 2 fully saturated rings. The quantitative estimate of drug-likeness (QED) is 0.663. The third-order valence-corrected chi connectivity index (χ3v) is 7.60. The Kier molecular flexibility index (Phi) is 7.49. The van der Waals surface area contributed by atoms with Crippen molar-refractivity contribution in [2.24, 2.45) is 0 Å². The first-order chi connectivity index (χ1) is 13.9. The van der Waals surface area contributed by atoms with Crippen LogP contribution in [0.15, 0.2) is 35.2 Å². The van der Waals surface area contributed by atoms with Gasteiger partial charge >= 0.3 is 0 Å². The van der Waals surface area contributed by atoms with Gasteiger partial charge in [-0.05, 0) is 49.5 Å². The van der Waals surface area contributed by atoms with E-state index in [1.165, 1.54) is 50.5 Å². The van der Waals surface area contributed by atoms with Crippen LogP contribution in [0.1, 0.15) is 50.5 Å². The molecule has 0 radical (unpaired) electrons. The van der Waals surface area contributed by atoms with Crippen molar-refractivity contribution in [3.05, 3.63) is 35.9 Å². The van der Waals surface area contributed by atoms with Gasteiger partial charge in [0.05, 0.1) is 17.1 Å². The van der Waals surface area contributed by atoms with E-state index in [2.05, 4.69) is 0 Å². The maximum atomic E-state index is 12.5. The minimum absolute atomic E-state index is 0.00824. The van der Waals surface area contributed by atoms with Gasteiger partial charge in [-0.25, -0.2) is 12.7 Å². The van der Waals surface area contributed by atoms with Crippen LogP contribution in [0.25, 0.3) is 6.08 Å². The molecular weight excluding hydrogens is 388 g/mol. The van der Waals surface area contributed by atoms with Crippen molar-refractivity contribution >= 4 is 22.0 Å². The van der Waals surface area contributed by atoms with Crippen molar-refractivity contribution < 1.29 is 17.9 Å². The summed E-state index contributed by atoms with van der Waals surface area (Å²) in [5.74, 6) is -0.00824. The van der Waals surface area contributed by atoms with Crippen molar-refractivity contribution in [3.63, 3.8) is 0 Å². The number of amides is 1. The van der Waals surface area contributed by atoms with E-state index in [0.717, 1.165) is 31.5 Å². The fraction of sp³-hybridized carbons (Fsp3) is 0.591. The predicted molar refractivity (Wildman–Crippen MR) is 114 cm³/mol. The summed E-state index contributed by atoms with van der Waals surface area (Å²) in [5, 5.41) is 0. The highest BCUT2D eigenvalue weighted by Gasteiger charge is 2.25. The van der Waals surface area contributed by atoms with Gasteiger partial charge in [0.1, 0.15) is 0 Å². The molecule has 1 aliphatic heterocycles. The number of hydrogen-bond acceptors (Lipinski definition) is 4. The molecule has 0 atom stereocenters. The number of carbonyl (C=O) groups excluding carboxylic acids is 1. The lowest BCUT2D eigenvalue weighted by Gasteiger charge is -2.34. The monoisotopic (exact) mass is 420 g/mol. The number of nitrogens with zero attached hydrogens (tertiary/aromatic N) is 2. The van der Waals surface area contributed by atoms with Crippen molar-refractivity contribution in [3.8, 4) is 0 Å². The zero-order chi connectivity index (χ0) is 20.9. The molecule has 0 aromatic heterocycles. The number of piperidine rings is 1. The Labute approximate surface area is 174 Å². The van der Waals surface area contributed by atoms with E-state index in [1.54, 1.807) is 36.4 Å². The smallest absolute Gasteiger partial charge is 0.246 e. The Balaban J connectivity index is 1.48. The van der Waals surface area contributed by atoms with Gasteiger partial charge in [0.2, 0.25) is 15.9 Å². The van der Waals surface area contributed by atoms with Crippen LogP contribution in [0.5, 0.6) is 0 Å². The molecule has 3 rings (SSSR count). The van der Waals surface area contributed by atoms with Crippen molar-refractivity contribution in [2.75, 3.05) is 27.2 Å². The molecule has 2 aliphatic rings. The average Bonchev–Trinajstić information content (AvgIpc) is 2.73. The number of likely N-dealkylation sites (tertiary alicyclic amines) is 1. The molecule has 1 saturated carbocycles. The molecule has 0 spiro atoms. The summed E-state index contributed by atoms with van der Waals surface area (Å²) < 4.78 is 31.6. The van der Waals surface area contributed by atoms with Gasteiger partial charge in [-0.3, -0.25) is 4.79 Å². The Hall–Kier alpha value is -1.70. The molecule has 0 unspecified atom stereocenters. The predicted octanol–water partition coefficient (Wildman–Crippen LogP) is 3.29. The maximum Gasteiger partial charge on any atom is 0.246 e. The maximum absolute atomic E-state index is 12.5. The van der Waals surface area contributed by atoms with Crippen LogP contribution in [0.2, 0.25) is 0 Å². The topological polar surface area (TPSA) is 66.9 Å². The van der Waals surface area contributed by atoms with E-state index in [1.807, 2.05) is 4.90 Å². The molecule has 7 heteroatoms. The molecular formula is C22H32N2O4S. The van der Waals surface area contributed by atoms with Gasteiger partial charge in [0, 0.05) is 33.3 Å². The molecule has 6 nitrogen and oxygen atoms in total. The first kappa shape index (κ1) is 22.0. The summed E-state index contributed by atoms with van der Waals surface area (Å²) in [7, 11) is -0.426. The Bertz CT molecular complexity index is 804. The fourth-order valence-electron chi connectivity index (χ4n) is 3.92. The number of benzene rings is 1. The zero-order valence-electron chi connectivity index (χ0n) is 17.4. The molecule has 1 aromatic rings. The van der Waals surface area contributed by atoms with Gasteiger partial charge < -0.3 is 9.64 Å². The van der Waals surface area contributed by atoms with Crippen molar-refractivity contribution in [1.29, 1.82) is 0 Å². The molecule has 1 heterocycles. The van der Waals surface area contributed by atoms with E-state index in [-0.39, 0.29) is 16.9 Å². The van der Waals surface area contributed by atoms with Crippen molar-refractivity contribution in [2.45, 2.75) is 62.0 Å². The lowest BCUT2D eigenvalue weighted by atomic mass is 9.97. The number of rotatable bonds is 6. The number of sulfonamides is 1. The largest absolute Gasteiger partial charge is 0.375 e. The minimum Gasteiger partial charge on any atom is -0.375 e. The second kappa shape index (κ2) is 9.87. The summed E-state index contributed by atoms with van der Waals surface area (Å²) in [6, 6.07) is 6.55. The second-order valence-electron chi connectivity index (χ2n) is 8.11. The summed E-state index contributed by atoms with van der Waals surface area (Å²) in [5.41, 5.74) is 0.798. The van der Waals surface area contributed by atoms with Gasteiger partial charge in [0.25, 0.3) is 0 Å². The molecule has 1 saturated heterocycles. The van der Waals surface area contributed by atoms with E-state index < -0.39 is 10.0 Å². The highest BCUT2D eigenvalue weighted by molar-refractivity contribution is 7.89. The molecule has 160 valence electrons. The van der Waals surface area contributed by atoms with Crippen LogP contribution in [0, 0.1) is 0 Å². The Morgan fingerprint density at radius 1 is 1.00 bits per heavy atom. The highest BCUT2D eigenvalue weighted by atomic mass is 32.2. The SMILES string of the molecule is CN(C)S(=O)(=O)c1ccc(/C=C/C(=O)N2CCC(OC3CCCCC3)CC2)cc1. The first-order valence-corrected chi connectivity index (χ1v) is 12.0. The van der Waals surface area contributed by atoms with Crippen LogP contribution < -0.4 is 0 Å². The minimum atomic E-state index is -3.44. The second-order valence-corrected chi connectivity index (χ2v) is 10.3. The molecule has 0 N–H and O–H groups in total. The normalized spacial score (nSPS) is 19.9. The zero-order valence-corrected chi connectivity index (χ0v) is 18.2. The van der Waals surface area contributed by atoms with E-state index in [0.29, 0.717) is 6.10 Å². The summed E-state index contributed by atoms with van der Waals surface area (Å²) in [6.45, 7) is 1.45. The van der Waals surface area contributed by atoms with Crippen LogP contribution >= 0.6 is 0 Å². The average molecular weight is 421 g/mol. The van der Waals surface area contributed by atoms with Crippen LogP contribution in [-0.4, -0.2) is 62.9 Å². The third-order valence-electron chi connectivity index (χ3n) is 5.77. The Morgan fingerprint density at radius 3 is 2.17 bits per heavy atom. The van der Waals surface area contributed by atoms with Crippen LogP contribution in [0.4, 0.5) is 0 Å². The van der Waals surface area contributed by atoms with Gasteiger partial charge in [-0.15, -0.1) is 0 Å². The van der Waals surface area contributed by atoms with Crippen LogP contribution in [-0.2, 0) is 19.6 Å². The third kappa shape index (κ3) is 5.90. The number of hydrogen-bond donors (Lipinski definition) is 0. The Morgan fingerprint density at radius 2 is 1.59 bits per heavy atom. The number of ether oxygens (including phenoxy) is 1. The first-order valence-electron chi connectivity index (χ1n) is 10.5. The van der Waals surface area contributed by atoms with Gasteiger partial charge in [-0.2, -0.15) is 0 Å². The van der Waals surface area contributed by atoms with E-state index >= 15 is 0 Å². The molecule has 29 heavy (non-hydrogen) atoms. The molecule has 0 bridgehead atoms. The summed E-state index contributed by atoms with van der Waals surface area (Å²) in [4.78, 5) is 14.6. The molecule has 1 amide bonds. The van der Waals surface area contributed by atoms with Crippen molar-refractivity contribution in [1.82, 2.24) is 9.21 Å². The highest BCUT2D eigenvalue weighted by Crippen LogP contribution is 2.25. The van der Waals surface area contributed by atoms with Gasteiger partial charge in [0.15, 0.2) is 0 Å². The van der Waals surface area contributed by atoms with E-state index in [4.69, 9.17) is 4.74 Å². The molecule has 1 aliphatic carbocycles. The lowest BCUT2D eigenvalue weighted by Crippen LogP contribution is -2.41. The van der Waals surface area contributed by atoms with E-state index in [9.17, 15) is 13.2 Å². The summed E-state index contributed by atoms with van der Waals surface area (Å²) in [6.07, 6.45) is 12.0. The van der Waals surface area contributed by atoms with Crippen LogP contribution in [0.3, 0.4) is 0 Å². The standard InChI is InChI=1S/C22H32N2O4S/c1-23(2)29(26,27)21-11-8-18(9-12-21)10-13-22(25)24-16-14-20(15-17-24)28-19-6-4-3-5-7-19/h8-13,19-20H,3-7,14-17H2,1-2H3/b13-10+. The number of carbonyl (C=O) groups is 1. The molecule has 1 aromatic carbocycles. The lowest BCUT2D eigenvalue weighted by molar-refractivity contribution is -0.129.